The van der Waals surface area contributed by atoms with E-state index in [1.807, 2.05) is 25.1 Å². The Balaban J connectivity index is 1.68. The van der Waals surface area contributed by atoms with E-state index in [4.69, 9.17) is 4.74 Å². The second-order valence-electron chi connectivity index (χ2n) is 6.01. The molecule has 0 radical (unpaired) electrons. The number of nitrogens with zero attached hydrogens (tertiary/aromatic N) is 1. The molecule has 0 spiro atoms. The Labute approximate surface area is 145 Å². The van der Waals surface area contributed by atoms with Crippen LogP contribution in [-0.2, 0) is 6.54 Å². The Morgan fingerprint density at radius 1 is 1.21 bits per heavy atom. The normalized spacial score (nSPS) is 15.4. The van der Waals surface area contributed by atoms with E-state index >= 15 is 0 Å². The maximum atomic E-state index is 11.2. The molecule has 1 aliphatic rings. The van der Waals surface area contributed by atoms with Gasteiger partial charge in [0.25, 0.3) is 0 Å². The quantitative estimate of drug-likeness (QED) is 0.720. The van der Waals surface area contributed by atoms with Gasteiger partial charge in [0.05, 0.1) is 0 Å². The molecule has 5 nitrogen and oxygen atoms in total. The monoisotopic (exact) mass is 331 g/mol. The standard InChI is InChI=1S/C19H29N3O2/c1-2-20-19(23)21-11-4-7-14-24-18-10-8-9-17(15-18)16-22-12-5-3-6-13-22/h4,7-10,15H,2-3,5-6,11-14,16H2,1H3,(H2,20,21,23)/b7-4+. The Morgan fingerprint density at radius 2 is 2.04 bits per heavy atom. The summed E-state index contributed by atoms with van der Waals surface area (Å²) >= 11 is 0. The number of ether oxygens (including phenoxy) is 1. The Kier molecular flexibility index (Phi) is 8.18. The van der Waals surface area contributed by atoms with Crippen LogP contribution >= 0.6 is 0 Å². The minimum Gasteiger partial charge on any atom is -0.490 e. The van der Waals surface area contributed by atoms with Gasteiger partial charge in [-0.1, -0.05) is 24.6 Å². The van der Waals surface area contributed by atoms with Gasteiger partial charge in [-0.15, -0.1) is 0 Å². The molecule has 132 valence electrons. The number of hydrogen-bond donors (Lipinski definition) is 2. The van der Waals surface area contributed by atoms with Crippen molar-refractivity contribution in [1.82, 2.24) is 15.5 Å². The zero-order valence-corrected chi connectivity index (χ0v) is 14.6. The van der Waals surface area contributed by atoms with E-state index in [-0.39, 0.29) is 6.03 Å². The van der Waals surface area contributed by atoms with Crippen molar-refractivity contribution in [3.63, 3.8) is 0 Å². The van der Waals surface area contributed by atoms with E-state index in [1.165, 1.54) is 37.9 Å². The second-order valence-corrected chi connectivity index (χ2v) is 6.01. The molecule has 2 rings (SSSR count). The van der Waals surface area contributed by atoms with Crippen molar-refractivity contribution in [3.8, 4) is 5.75 Å². The number of carbonyl (C=O) groups is 1. The molecule has 1 aromatic rings. The third-order valence-electron chi connectivity index (χ3n) is 3.98. The van der Waals surface area contributed by atoms with E-state index in [0.29, 0.717) is 19.7 Å². The lowest BCUT2D eigenvalue weighted by Crippen LogP contribution is -2.35. The van der Waals surface area contributed by atoms with Gasteiger partial charge in [-0.2, -0.15) is 0 Å². The first-order valence-electron chi connectivity index (χ1n) is 8.88. The number of nitrogens with one attached hydrogen (secondary N) is 2. The van der Waals surface area contributed by atoms with Crippen LogP contribution < -0.4 is 15.4 Å². The van der Waals surface area contributed by atoms with Crippen LogP contribution in [0.15, 0.2) is 36.4 Å². The summed E-state index contributed by atoms with van der Waals surface area (Å²) < 4.78 is 5.76. The highest BCUT2D eigenvalue weighted by atomic mass is 16.5. The highest BCUT2D eigenvalue weighted by Crippen LogP contribution is 2.17. The second kappa shape index (κ2) is 10.7. The molecule has 5 heteroatoms. The van der Waals surface area contributed by atoms with Crippen molar-refractivity contribution in [2.24, 2.45) is 0 Å². The lowest BCUT2D eigenvalue weighted by molar-refractivity contribution is 0.220. The molecule has 0 unspecified atom stereocenters. The fourth-order valence-electron chi connectivity index (χ4n) is 2.78. The minimum atomic E-state index is -0.145. The first kappa shape index (κ1) is 18.3. The molecule has 2 N–H and O–H groups in total. The number of hydrogen-bond acceptors (Lipinski definition) is 3. The maximum Gasteiger partial charge on any atom is 0.315 e. The third kappa shape index (κ3) is 7.04. The van der Waals surface area contributed by atoms with Crippen molar-refractivity contribution in [3.05, 3.63) is 42.0 Å². The molecule has 0 aromatic heterocycles. The van der Waals surface area contributed by atoms with Gasteiger partial charge in [0.15, 0.2) is 0 Å². The molecule has 1 fully saturated rings. The SMILES string of the molecule is CCNC(=O)NC/C=C/COc1cccc(CN2CCCCC2)c1. The molecule has 1 aliphatic heterocycles. The van der Waals surface area contributed by atoms with Crippen LogP contribution in [0.3, 0.4) is 0 Å². The average Bonchev–Trinajstić information content (AvgIpc) is 2.59. The molecule has 1 saturated heterocycles. The van der Waals surface area contributed by atoms with Gasteiger partial charge in [-0.3, -0.25) is 4.90 Å². The minimum absolute atomic E-state index is 0.145. The molecule has 0 bridgehead atoms. The van der Waals surface area contributed by atoms with Crippen molar-refractivity contribution < 1.29 is 9.53 Å². The number of benzene rings is 1. The topological polar surface area (TPSA) is 53.6 Å². The van der Waals surface area contributed by atoms with Crippen LogP contribution in [0.4, 0.5) is 4.79 Å². The predicted molar refractivity (Wildman–Crippen MR) is 97.3 cm³/mol. The van der Waals surface area contributed by atoms with Crippen LogP contribution in [-0.4, -0.2) is 43.7 Å². The summed E-state index contributed by atoms with van der Waals surface area (Å²) in [6.07, 6.45) is 7.80. The fourth-order valence-corrected chi connectivity index (χ4v) is 2.78. The van der Waals surface area contributed by atoms with Crippen molar-refractivity contribution in [1.29, 1.82) is 0 Å². The fraction of sp³-hybridized carbons (Fsp3) is 0.526. The molecule has 2 amide bonds. The molecular weight excluding hydrogens is 302 g/mol. The molecule has 1 heterocycles. The highest BCUT2D eigenvalue weighted by Gasteiger charge is 2.10. The van der Waals surface area contributed by atoms with Crippen LogP contribution in [0.5, 0.6) is 5.75 Å². The number of amides is 2. The Hall–Kier alpha value is -2.01. The van der Waals surface area contributed by atoms with Gasteiger partial charge in [0.2, 0.25) is 0 Å². The summed E-state index contributed by atoms with van der Waals surface area (Å²) in [5.74, 6) is 0.894. The molecule has 0 atom stereocenters. The van der Waals surface area contributed by atoms with Gasteiger partial charge in [-0.05, 0) is 56.6 Å². The van der Waals surface area contributed by atoms with E-state index in [0.717, 1.165) is 12.3 Å². The summed E-state index contributed by atoms with van der Waals surface area (Å²) in [6, 6.07) is 8.17. The summed E-state index contributed by atoms with van der Waals surface area (Å²) in [6.45, 7) is 6.94. The molecule has 0 aliphatic carbocycles. The summed E-state index contributed by atoms with van der Waals surface area (Å²) in [4.78, 5) is 13.7. The lowest BCUT2D eigenvalue weighted by atomic mass is 10.1. The third-order valence-corrected chi connectivity index (χ3v) is 3.98. The van der Waals surface area contributed by atoms with Gasteiger partial charge in [0, 0.05) is 19.6 Å². The van der Waals surface area contributed by atoms with E-state index in [2.05, 4.69) is 33.7 Å². The first-order chi connectivity index (χ1) is 11.8. The van der Waals surface area contributed by atoms with E-state index < -0.39 is 0 Å². The number of urea groups is 1. The van der Waals surface area contributed by atoms with Crippen LogP contribution in [0.1, 0.15) is 31.7 Å². The van der Waals surface area contributed by atoms with Gasteiger partial charge in [0.1, 0.15) is 12.4 Å². The summed E-state index contributed by atoms with van der Waals surface area (Å²) in [5, 5.41) is 5.42. The molecule has 0 saturated carbocycles. The van der Waals surface area contributed by atoms with Crippen LogP contribution in [0, 0.1) is 0 Å². The van der Waals surface area contributed by atoms with Crippen molar-refractivity contribution in [2.45, 2.75) is 32.7 Å². The Morgan fingerprint density at radius 3 is 2.83 bits per heavy atom. The van der Waals surface area contributed by atoms with Gasteiger partial charge in [-0.25, -0.2) is 4.79 Å². The molecular formula is C19H29N3O2. The lowest BCUT2D eigenvalue weighted by Gasteiger charge is -2.26. The summed E-state index contributed by atoms with van der Waals surface area (Å²) in [7, 11) is 0. The molecule has 1 aromatic carbocycles. The first-order valence-corrected chi connectivity index (χ1v) is 8.88. The smallest absolute Gasteiger partial charge is 0.315 e. The number of rotatable bonds is 8. The largest absolute Gasteiger partial charge is 0.490 e. The highest BCUT2D eigenvalue weighted by molar-refractivity contribution is 5.73. The van der Waals surface area contributed by atoms with Gasteiger partial charge < -0.3 is 15.4 Å². The number of likely N-dealkylation sites (tertiary alicyclic amines) is 1. The predicted octanol–water partition coefficient (Wildman–Crippen LogP) is 2.93. The zero-order valence-electron chi connectivity index (χ0n) is 14.6. The average molecular weight is 331 g/mol. The Bertz CT molecular complexity index is 525. The van der Waals surface area contributed by atoms with E-state index in [1.54, 1.807) is 0 Å². The maximum absolute atomic E-state index is 11.2. The van der Waals surface area contributed by atoms with E-state index in [9.17, 15) is 4.79 Å². The molecule has 24 heavy (non-hydrogen) atoms. The zero-order chi connectivity index (χ0) is 17.0. The number of carbonyl (C=O) groups excluding carboxylic acids is 1. The summed E-state index contributed by atoms with van der Waals surface area (Å²) in [5.41, 5.74) is 1.30. The van der Waals surface area contributed by atoms with Crippen LogP contribution in [0.2, 0.25) is 0 Å². The van der Waals surface area contributed by atoms with Crippen LogP contribution in [0.25, 0.3) is 0 Å². The number of piperidine rings is 1. The van der Waals surface area contributed by atoms with Crippen molar-refractivity contribution >= 4 is 6.03 Å². The van der Waals surface area contributed by atoms with Gasteiger partial charge >= 0.3 is 6.03 Å². The van der Waals surface area contributed by atoms with Crippen molar-refractivity contribution in [2.75, 3.05) is 32.8 Å².